The molecule has 1 aliphatic heterocycles. The van der Waals surface area contributed by atoms with Crippen molar-refractivity contribution in [1.29, 1.82) is 0 Å². The molecule has 0 aliphatic carbocycles. The van der Waals surface area contributed by atoms with Gasteiger partial charge in [-0.05, 0) is 50.1 Å². The summed E-state index contributed by atoms with van der Waals surface area (Å²) in [4.78, 5) is 13.9. The number of halogens is 4. The van der Waals surface area contributed by atoms with E-state index in [0.29, 0.717) is 16.8 Å². The Labute approximate surface area is 190 Å². The Morgan fingerprint density at radius 2 is 1.85 bits per heavy atom. The van der Waals surface area contributed by atoms with E-state index in [9.17, 15) is 22.4 Å². The highest BCUT2D eigenvalue weighted by molar-refractivity contribution is 6.62. The van der Waals surface area contributed by atoms with Gasteiger partial charge in [-0.1, -0.05) is 30.8 Å². The van der Waals surface area contributed by atoms with Gasteiger partial charge < -0.3 is 18.9 Å². The average Bonchev–Trinajstić information content (AvgIpc) is 3.02. The first kappa shape index (κ1) is 24.6. The van der Waals surface area contributed by atoms with Gasteiger partial charge in [-0.3, -0.25) is 0 Å². The number of carbonyl (C=O) groups is 1. The quantitative estimate of drug-likeness (QED) is 0.443. The minimum Gasteiger partial charge on any atom is -0.534 e. The highest BCUT2D eigenvalue weighted by atomic mass is 19.4. The first-order chi connectivity index (χ1) is 15.4. The Balaban J connectivity index is 1.83. The maximum atomic E-state index is 13.4. The van der Waals surface area contributed by atoms with Crippen molar-refractivity contribution in [3.63, 3.8) is 0 Å². The number of alkyl halides is 3. The Bertz CT molecular complexity index is 1020. The first-order valence-electron chi connectivity index (χ1n) is 10.3. The molecule has 1 saturated heterocycles. The van der Waals surface area contributed by atoms with Crippen LogP contribution in [0.3, 0.4) is 0 Å². The number of amides is 1. The van der Waals surface area contributed by atoms with E-state index >= 15 is 0 Å². The standard InChI is InChI=1S/C23H24BF4NO4/c1-5-29(21(30)31-14-16-6-9-19(25)10-7-16)13-17-12-18(23(26,27)28)8-11-20(17)24-32-15(2)22(3,4)33-24/h6-12H,2,5,13-14H2,1,3-4H3. The summed E-state index contributed by atoms with van der Waals surface area (Å²) in [7, 11) is -0.960. The van der Waals surface area contributed by atoms with Crippen LogP contribution in [0.5, 0.6) is 0 Å². The third-order valence-corrected chi connectivity index (χ3v) is 5.32. The van der Waals surface area contributed by atoms with E-state index in [1.165, 1.54) is 35.2 Å². The van der Waals surface area contributed by atoms with E-state index in [1.807, 2.05) is 0 Å². The van der Waals surface area contributed by atoms with Crippen LogP contribution in [0.2, 0.25) is 0 Å². The molecular weight excluding hydrogens is 441 g/mol. The van der Waals surface area contributed by atoms with Crippen molar-refractivity contribution in [1.82, 2.24) is 4.90 Å². The smallest absolute Gasteiger partial charge is 0.534 e. The van der Waals surface area contributed by atoms with Crippen molar-refractivity contribution in [3.05, 3.63) is 77.3 Å². The minimum absolute atomic E-state index is 0.103. The van der Waals surface area contributed by atoms with Crippen LogP contribution in [0.1, 0.15) is 37.5 Å². The molecule has 0 spiro atoms. The normalized spacial score (nSPS) is 15.4. The van der Waals surface area contributed by atoms with Gasteiger partial charge in [-0.25, -0.2) is 9.18 Å². The van der Waals surface area contributed by atoms with Crippen molar-refractivity contribution in [2.45, 2.75) is 45.7 Å². The summed E-state index contributed by atoms with van der Waals surface area (Å²) >= 11 is 0. The van der Waals surface area contributed by atoms with Crippen LogP contribution < -0.4 is 5.46 Å². The SMILES string of the molecule is C=C1OB(c2ccc(C(F)(F)F)cc2CN(CC)C(=O)OCc2ccc(F)cc2)OC1(C)C. The Morgan fingerprint density at radius 1 is 1.18 bits per heavy atom. The van der Waals surface area contributed by atoms with Crippen LogP contribution in [0, 0.1) is 5.82 Å². The number of benzene rings is 2. The number of ether oxygens (including phenoxy) is 1. The molecule has 5 nitrogen and oxygen atoms in total. The molecule has 1 amide bonds. The second-order valence-electron chi connectivity index (χ2n) is 8.11. The summed E-state index contributed by atoms with van der Waals surface area (Å²) < 4.78 is 69.9. The zero-order valence-electron chi connectivity index (χ0n) is 18.5. The molecule has 176 valence electrons. The third kappa shape index (κ3) is 5.87. The van der Waals surface area contributed by atoms with Crippen LogP contribution in [-0.4, -0.2) is 30.3 Å². The van der Waals surface area contributed by atoms with Gasteiger partial charge >= 0.3 is 19.4 Å². The summed E-state index contributed by atoms with van der Waals surface area (Å²) in [6.45, 7) is 8.88. The molecule has 0 bridgehead atoms. The van der Waals surface area contributed by atoms with E-state index in [-0.39, 0.29) is 25.3 Å². The van der Waals surface area contributed by atoms with Crippen LogP contribution in [0.15, 0.2) is 54.8 Å². The number of nitrogens with zero attached hydrogens (tertiary/aromatic N) is 1. The fourth-order valence-corrected chi connectivity index (χ4v) is 3.23. The predicted molar refractivity (Wildman–Crippen MR) is 115 cm³/mol. The van der Waals surface area contributed by atoms with E-state index in [0.717, 1.165) is 12.1 Å². The summed E-state index contributed by atoms with van der Waals surface area (Å²) in [6, 6.07) is 8.66. The Morgan fingerprint density at radius 3 is 2.39 bits per heavy atom. The zero-order chi connectivity index (χ0) is 24.4. The monoisotopic (exact) mass is 465 g/mol. The maximum Gasteiger partial charge on any atom is 0.563 e. The first-order valence-corrected chi connectivity index (χ1v) is 10.3. The average molecular weight is 465 g/mol. The van der Waals surface area contributed by atoms with E-state index in [4.69, 9.17) is 14.0 Å². The van der Waals surface area contributed by atoms with Gasteiger partial charge in [0.05, 0.1) is 11.3 Å². The molecular formula is C23H24BF4NO4. The number of hydrogen-bond acceptors (Lipinski definition) is 4. The fourth-order valence-electron chi connectivity index (χ4n) is 3.23. The minimum atomic E-state index is -4.56. The lowest BCUT2D eigenvalue weighted by molar-refractivity contribution is -0.137. The third-order valence-electron chi connectivity index (χ3n) is 5.32. The Hall–Kier alpha value is -3.01. The van der Waals surface area contributed by atoms with Crippen molar-refractivity contribution in [3.8, 4) is 0 Å². The van der Waals surface area contributed by atoms with E-state index in [1.54, 1.807) is 20.8 Å². The fraction of sp³-hybridized carbons (Fsp3) is 0.348. The maximum absolute atomic E-state index is 13.4. The summed E-state index contributed by atoms with van der Waals surface area (Å²) in [5.74, 6) is -0.0658. The molecule has 0 aromatic heterocycles. The molecule has 2 aromatic carbocycles. The van der Waals surface area contributed by atoms with Crippen LogP contribution in [-0.2, 0) is 33.4 Å². The number of carbonyl (C=O) groups excluding carboxylic acids is 1. The molecule has 10 heteroatoms. The summed E-state index contributed by atoms with van der Waals surface area (Å²) in [5.41, 5.74) is -0.522. The van der Waals surface area contributed by atoms with Crippen molar-refractivity contribution >= 4 is 18.7 Å². The van der Waals surface area contributed by atoms with E-state index in [2.05, 4.69) is 6.58 Å². The molecule has 1 heterocycles. The topological polar surface area (TPSA) is 48.0 Å². The number of hydrogen-bond donors (Lipinski definition) is 0. The second-order valence-corrected chi connectivity index (χ2v) is 8.11. The second kappa shape index (κ2) is 9.47. The van der Waals surface area contributed by atoms with Gasteiger partial charge in [0.2, 0.25) is 0 Å². The molecule has 2 aromatic rings. The van der Waals surface area contributed by atoms with E-state index < -0.39 is 36.4 Å². The lowest BCUT2D eigenvalue weighted by atomic mass is 9.75. The van der Waals surface area contributed by atoms with Gasteiger partial charge in [0.1, 0.15) is 18.0 Å². The van der Waals surface area contributed by atoms with Gasteiger partial charge in [0, 0.05) is 18.6 Å². The molecule has 0 unspecified atom stereocenters. The lowest BCUT2D eigenvalue weighted by Crippen LogP contribution is -2.40. The molecule has 0 saturated carbocycles. The molecule has 1 aliphatic rings. The van der Waals surface area contributed by atoms with Crippen molar-refractivity contribution in [2.24, 2.45) is 0 Å². The summed E-state index contributed by atoms with van der Waals surface area (Å²) in [5, 5.41) is 0. The summed E-state index contributed by atoms with van der Waals surface area (Å²) in [6.07, 6.45) is -5.28. The van der Waals surface area contributed by atoms with Crippen molar-refractivity contribution < 1.29 is 36.4 Å². The van der Waals surface area contributed by atoms with Gasteiger partial charge in [-0.15, -0.1) is 0 Å². The Kier molecular flexibility index (Phi) is 7.07. The molecule has 1 fully saturated rings. The number of rotatable bonds is 6. The molecule has 33 heavy (non-hydrogen) atoms. The highest BCUT2D eigenvalue weighted by Gasteiger charge is 2.44. The molecule has 3 rings (SSSR count). The van der Waals surface area contributed by atoms with Crippen LogP contribution >= 0.6 is 0 Å². The highest BCUT2D eigenvalue weighted by Crippen LogP contribution is 2.32. The largest absolute Gasteiger partial charge is 0.563 e. The molecule has 0 radical (unpaired) electrons. The van der Waals surface area contributed by atoms with Crippen molar-refractivity contribution in [2.75, 3.05) is 6.54 Å². The van der Waals surface area contributed by atoms with Gasteiger partial charge in [0.25, 0.3) is 0 Å². The molecule has 0 atom stereocenters. The molecule has 0 N–H and O–H groups in total. The van der Waals surface area contributed by atoms with Crippen LogP contribution in [0.4, 0.5) is 22.4 Å². The van der Waals surface area contributed by atoms with Gasteiger partial charge in [0.15, 0.2) is 0 Å². The van der Waals surface area contributed by atoms with Crippen LogP contribution in [0.25, 0.3) is 0 Å². The predicted octanol–water partition coefficient (Wildman–Crippen LogP) is 5.04. The van der Waals surface area contributed by atoms with Gasteiger partial charge in [-0.2, -0.15) is 13.2 Å². The zero-order valence-corrected chi connectivity index (χ0v) is 18.5. The lowest BCUT2D eigenvalue weighted by Gasteiger charge is -2.23.